The van der Waals surface area contributed by atoms with Crippen molar-refractivity contribution in [2.75, 3.05) is 11.5 Å². The van der Waals surface area contributed by atoms with Crippen molar-refractivity contribution in [3.05, 3.63) is 77.9 Å². The zero-order valence-electron chi connectivity index (χ0n) is 13.9. The van der Waals surface area contributed by atoms with Gasteiger partial charge in [-0.1, -0.05) is 24.8 Å². The summed E-state index contributed by atoms with van der Waals surface area (Å²) in [5.41, 5.74) is 12.2. The van der Waals surface area contributed by atoms with E-state index in [-0.39, 0.29) is 11.4 Å². The van der Waals surface area contributed by atoms with E-state index in [0.29, 0.717) is 22.9 Å². The SMILES string of the molecule is C=Cc1c(F)c(F)c(Oc2cc(N)ccc2-c2ccc(N)cc2)c(F)c1F. The fraction of sp³-hybridized carbons (Fsp3) is 0. The second kappa shape index (κ2) is 7.03. The topological polar surface area (TPSA) is 61.3 Å². The lowest BCUT2D eigenvalue weighted by Gasteiger charge is -2.15. The number of anilines is 2. The smallest absolute Gasteiger partial charge is 0.205 e. The summed E-state index contributed by atoms with van der Waals surface area (Å²) in [6.07, 6.45) is 0.681. The van der Waals surface area contributed by atoms with Crippen LogP contribution in [-0.2, 0) is 0 Å². The fourth-order valence-corrected chi connectivity index (χ4v) is 2.53. The molecule has 0 heterocycles. The summed E-state index contributed by atoms with van der Waals surface area (Å²) in [7, 11) is 0. The predicted octanol–water partition coefficient (Wildman–Crippen LogP) is 5.51. The minimum absolute atomic E-state index is 0.0808. The van der Waals surface area contributed by atoms with Gasteiger partial charge in [-0.25, -0.2) is 8.78 Å². The van der Waals surface area contributed by atoms with Crippen LogP contribution < -0.4 is 16.2 Å². The van der Waals surface area contributed by atoms with Crippen LogP contribution in [0.5, 0.6) is 11.5 Å². The Bertz CT molecular complexity index is 1000. The number of nitrogens with two attached hydrogens (primary N) is 2. The third kappa shape index (κ3) is 3.31. The lowest BCUT2D eigenvalue weighted by Crippen LogP contribution is -2.04. The van der Waals surface area contributed by atoms with Crippen molar-refractivity contribution in [3.8, 4) is 22.6 Å². The van der Waals surface area contributed by atoms with Crippen LogP contribution in [0.3, 0.4) is 0 Å². The van der Waals surface area contributed by atoms with Crippen molar-refractivity contribution in [2.24, 2.45) is 0 Å². The Hall–Kier alpha value is -3.48. The summed E-state index contributed by atoms with van der Waals surface area (Å²) in [6.45, 7) is 3.14. The first kappa shape index (κ1) is 18.3. The van der Waals surface area contributed by atoms with Crippen molar-refractivity contribution in [1.29, 1.82) is 0 Å². The van der Waals surface area contributed by atoms with E-state index in [1.807, 2.05) is 0 Å². The van der Waals surface area contributed by atoms with Gasteiger partial charge in [-0.15, -0.1) is 0 Å². The fourth-order valence-electron chi connectivity index (χ4n) is 2.53. The zero-order chi connectivity index (χ0) is 19.7. The van der Waals surface area contributed by atoms with Crippen LogP contribution in [-0.4, -0.2) is 0 Å². The van der Waals surface area contributed by atoms with Crippen molar-refractivity contribution in [1.82, 2.24) is 0 Å². The molecule has 0 spiro atoms. The summed E-state index contributed by atoms with van der Waals surface area (Å²) in [4.78, 5) is 0. The molecule has 0 fully saturated rings. The highest BCUT2D eigenvalue weighted by atomic mass is 19.2. The molecule has 0 saturated carbocycles. The van der Waals surface area contributed by atoms with Crippen LogP contribution >= 0.6 is 0 Å². The highest BCUT2D eigenvalue weighted by Gasteiger charge is 2.26. The Morgan fingerprint density at radius 3 is 1.89 bits per heavy atom. The lowest BCUT2D eigenvalue weighted by molar-refractivity contribution is 0.365. The lowest BCUT2D eigenvalue weighted by atomic mass is 10.0. The molecular formula is C20H14F4N2O. The van der Waals surface area contributed by atoms with Crippen LogP contribution in [0.1, 0.15) is 5.56 Å². The van der Waals surface area contributed by atoms with Crippen molar-refractivity contribution < 1.29 is 22.3 Å². The van der Waals surface area contributed by atoms with Gasteiger partial charge in [0, 0.05) is 23.0 Å². The van der Waals surface area contributed by atoms with E-state index in [2.05, 4.69) is 6.58 Å². The Kier molecular flexibility index (Phi) is 4.77. The summed E-state index contributed by atoms with van der Waals surface area (Å²) in [5, 5.41) is 0. The van der Waals surface area contributed by atoms with Gasteiger partial charge < -0.3 is 16.2 Å². The van der Waals surface area contributed by atoms with E-state index in [1.165, 1.54) is 6.07 Å². The van der Waals surface area contributed by atoms with E-state index >= 15 is 0 Å². The van der Waals surface area contributed by atoms with Gasteiger partial charge in [0.05, 0.1) is 5.56 Å². The molecule has 4 N–H and O–H groups in total. The molecule has 0 radical (unpaired) electrons. The van der Waals surface area contributed by atoms with Crippen LogP contribution in [0.4, 0.5) is 28.9 Å². The maximum Gasteiger partial charge on any atom is 0.205 e. The Balaban J connectivity index is 2.16. The molecule has 0 aromatic heterocycles. The first-order valence-electron chi connectivity index (χ1n) is 7.75. The molecule has 0 atom stereocenters. The predicted molar refractivity (Wildman–Crippen MR) is 97.1 cm³/mol. The highest BCUT2D eigenvalue weighted by Crippen LogP contribution is 2.39. The Morgan fingerprint density at radius 2 is 1.33 bits per heavy atom. The van der Waals surface area contributed by atoms with Gasteiger partial charge in [-0.2, -0.15) is 8.78 Å². The molecular weight excluding hydrogens is 360 g/mol. The van der Waals surface area contributed by atoms with Gasteiger partial charge in [-0.3, -0.25) is 0 Å². The molecule has 27 heavy (non-hydrogen) atoms. The molecule has 3 rings (SSSR count). The maximum absolute atomic E-state index is 14.3. The van der Waals surface area contributed by atoms with E-state index in [9.17, 15) is 17.6 Å². The van der Waals surface area contributed by atoms with Gasteiger partial charge in [0.25, 0.3) is 0 Å². The normalized spacial score (nSPS) is 10.7. The third-order valence-electron chi connectivity index (χ3n) is 3.90. The van der Waals surface area contributed by atoms with Crippen LogP contribution in [0.25, 0.3) is 17.2 Å². The molecule has 0 amide bonds. The molecule has 0 bridgehead atoms. The number of hydrogen-bond acceptors (Lipinski definition) is 3. The Morgan fingerprint density at radius 1 is 0.778 bits per heavy atom. The molecule has 0 saturated heterocycles. The van der Waals surface area contributed by atoms with Gasteiger partial charge in [-0.05, 0) is 29.8 Å². The minimum Gasteiger partial charge on any atom is -0.450 e. The van der Waals surface area contributed by atoms with Gasteiger partial charge in [0.2, 0.25) is 17.4 Å². The van der Waals surface area contributed by atoms with E-state index in [1.54, 1.807) is 36.4 Å². The molecule has 138 valence electrons. The first-order chi connectivity index (χ1) is 12.8. The third-order valence-corrected chi connectivity index (χ3v) is 3.90. The second-order valence-corrected chi connectivity index (χ2v) is 5.68. The zero-order valence-corrected chi connectivity index (χ0v) is 13.9. The van der Waals surface area contributed by atoms with Gasteiger partial charge in [0.15, 0.2) is 11.6 Å². The number of nitrogen functional groups attached to an aromatic ring is 2. The van der Waals surface area contributed by atoms with Crippen LogP contribution in [0.2, 0.25) is 0 Å². The van der Waals surface area contributed by atoms with Gasteiger partial charge in [0.1, 0.15) is 5.75 Å². The monoisotopic (exact) mass is 374 g/mol. The number of hydrogen-bond donors (Lipinski definition) is 2. The second-order valence-electron chi connectivity index (χ2n) is 5.68. The quantitative estimate of drug-likeness (QED) is 0.360. The van der Waals surface area contributed by atoms with Crippen molar-refractivity contribution >= 4 is 17.5 Å². The summed E-state index contributed by atoms with van der Waals surface area (Å²) < 4.78 is 61.7. The number of halogens is 4. The maximum atomic E-state index is 14.3. The molecule has 0 aliphatic carbocycles. The van der Waals surface area contributed by atoms with Crippen LogP contribution in [0.15, 0.2) is 49.0 Å². The molecule has 3 aromatic rings. The highest BCUT2D eigenvalue weighted by molar-refractivity contribution is 5.74. The molecule has 3 aromatic carbocycles. The average molecular weight is 374 g/mol. The summed E-state index contributed by atoms with van der Waals surface area (Å²) >= 11 is 0. The molecule has 0 aliphatic heterocycles. The van der Waals surface area contributed by atoms with Crippen LogP contribution in [0, 0.1) is 23.3 Å². The summed E-state index contributed by atoms with van der Waals surface area (Å²) in [6, 6.07) is 10.9. The van der Waals surface area contributed by atoms with E-state index in [0.717, 1.165) is 0 Å². The average Bonchev–Trinajstić information content (AvgIpc) is 2.65. The van der Waals surface area contributed by atoms with Crippen molar-refractivity contribution in [3.63, 3.8) is 0 Å². The number of rotatable bonds is 4. The number of benzene rings is 3. The summed E-state index contributed by atoms with van der Waals surface area (Å²) in [5.74, 6) is -7.83. The molecule has 3 nitrogen and oxygen atoms in total. The standard InChI is InChI=1S/C20H14F4N2O/c1-2-13-16(21)18(23)20(19(24)17(13)22)27-15-9-12(26)7-8-14(15)10-3-5-11(25)6-4-10/h2-9H,1,25-26H2. The number of ether oxygens (including phenoxy) is 1. The molecule has 7 heteroatoms. The van der Waals surface area contributed by atoms with Crippen molar-refractivity contribution in [2.45, 2.75) is 0 Å². The molecule has 0 aliphatic rings. The first-order valence-corrected chi connectivity index (χ1v) is 7.75. The van der Waals surface area contributed by atoms with E-state index in [4.69, 9.17) is 16.2 Å². The molecule has 0 unspecified atom stereocenters. The Labute approximate surface area is 152 Å². The minimum atomic E-state index is -1.67. The largest absolute Gasteiger partial charge is 0.450 e. The van der Waals surface area contributed by atoms with E-state index < -0.39 is 34.6 Å². The van der Waals surface area contributed by atoms with Gasteiger partial charge >= 0.3 is 0 Å².